The Morgan fingerprint density at radius 3 is 2.58 bits per heavy atom. The number of carbonyl (C=O) groups excluding carboxylic acids is 3. The summed E-state index contributed by atoms with van der Waals surface area (Å²) >= 11 is 0. The van der Waals surface area contributed by atoms with Gasteiger partial charge in [0, 0.05) is 52.2 Å². The summed E-state index contributed by atoms with van der Waals surface area (Å²) in [7, 11) is 0. The topological polar surface area (TPSA) is 86.9 Å². The number of hydrogen-bond acceptors (Lipinski definition) is 4. The molecule has 0 spiro atoms. The molecule has 1 unspecified atom stereocenters. The van der Waals surface area contributed by atoms with Crippen LogP contribution in [0.15, 0.2) is 0 Å². The lowest BCUT2D eigenvalue weighted by Gasteiger charge is -2.33. The predicted molar refractivity (Wildman–Crippen MR) is 68.0 cm³/mol. The Labute approximate surface area is 112 Å². The van der Waals surface area contributed by atoms with Crippen LogP contribution in [0.5, 0.6) is 0 Å². The van der Waals surface area contributed by atoms with E-state index in [-0.39, 0.29) is 24.2 Å². The van der Waals surface area contributed by atoms with Crippen molar-refractivity contribution in [2.24, 2.45) is 11.7 Å². The molecule has 2 rings (SSSR count). The van der Waals surface area contributed by atoms with Crippen molar-refractivity contribution in [1.29, 1.82) is 0 Å². The molecule has 0 radical (unpaired) electrons. The number of amides is 3. The Morgan fingerprint density at radius 1 is 1.32 bits per heavy atom. The number of hydrogen-bond donors (Lipinski definition) is 1. The van der Waals surface area contributed by atoms with Gasteiger partial charge in [-0.1, -0.05) is 0 Å². The molecule has 0 saturated carbocycles. The summed E-state index contributed by atoms with van der Waals surface area (Å²) in [6.45, 7) is 3.66. The van der Waals surface area contributed by atoms with Gasteiger partial charge in [-0.05, 0) is 0 Å². The smallest absolute Gasteiger partial charge is 0.228 e. The van der Waals surface area contributed by atoms with Crippen molar-refractivity contribution in [2.45, 2.75) is 6.42 Å². The lowest BCUT2D eigenvalue weighted by atomic mass is 10.1. The van der Waals surface area contributed by atoms with Gasteiger partial charge < -0.3 is 20.4 Å². The van der Waals surface area contributed by atoms with Crippen LogP contribution in [-0.4, -0.2) is 78.7 Å². The maximum absolute atomic E-state index is 12.3. The van der Waals surface area contributed by atoms with E-state index >= 15 is 0 Å². The molecule has 0 aliphatic carbocycles. The second-order valence-corrected chi connectivity index (χ2v) is 5.00. The van der Waals surface area contributed by atoms with E-state index in [1.165, 1.54) is 0 Å². The highest BCUT2D eigenvalue weighted by atomic mass is 16.2. The minimum atomic E-state index is -0.248. The number of piperazine rings is 1. The lowest BCUT2D eigenvalue weighted by Crippen LogP contribution is -2.50. The second-order valence-electron chi connectivity index (χ2n) is 5.00. The standard InChI is InChI=1S/C12H20N4O3/c13-1-2-16-8-10(7-11(16)18)12(19)15-5-3-14(9-17)4-6-15/h9-10H,1-8,13H2. The van der Waals surface area contributed by atoms with Gasteiger partial charge in [0.2, 0.25) is 18.2 Å². The third-order valence-electron chi connectivity index (χ3n) is 3.74. The van der Waals surface area contributed by atoms with Gasteiger partial charge in [-0.15, -0.1) is 0 Å². The summed E-state index contributed by atoms with van der Waals surface area (Å²) in [4.78, 5) is 39.7. The molecule has 0 aromatic heterocycles. The van der Waals surface area contributed by atoms with E-state index < -0.39 is 0 Å². The largest absolute Gasteiger partial charge is 0.342 e. The Morgan fingerprint density at radius 2 is 2.00 bits per heavy atom. The van der Waals surface area contributed by atoms with E-state index in [4.69, 9.17) is 5.73 Å². The van der Waals surface area contributed by atoms with E-state index in [2.05, 4.69) is 0 Å². The summed E-state index contributed by atoms with van der Waals surface area (Å²) < 4.78 is 0. The first-order chi connectivity index (χ1) is 9.15. The average molecular weight is 268 g/mol. The van der Waals surface area contributed by atoms with Crippen LogP contribution in [0, 0.1) is 5.92 Å². The van der Waals surface area contributed by atoms with Crippen LogP contribution in [0.25, 0.3) is 0 Å². The SMILES string of the molecule is NCCN1CC(C(=O)N2CCN(C=O)CC2)CC1=O. The van der Waals surface area contributed by atoms with Crippen molar-refractivity contribution < 1.29 is 14.4 Å². The van der Waals surface area contributed by atoms with Crippen molar-refractivity contribution >= 4 is 18.2 Å². The summed E-state index contributed by atoms with van der Waals surface area (Å²) in [5.74, 6) is -0.212. The quantitative estimate of drug-likeness (QED) is 0.603. The van der Waals surface area contributed by atoms with Gasteiger partial charge in [-0.2, -0.15) is 0 Å². The van der Waals surface area contributed by atoms with E-state index in [1.807, 2.05) is 0 Å². The third kappa shape index (κ3) is 3.04. The van der Waals surface area contributed by atoms with Crippen LogP contribution < -0.4 is 5.73 Å². The predicted octanol–water partition coefficient (Wildman–Crippen LogP) is -1.91. The molecule has 0 bridgehead atoms. The molecular weight excluding hydrogens is 248 g/mol. The first kappa shape index (κ1) is 13.8. The van der Waals surface area contributed by atoms with Crippen molar-refractivity contribution in [3.63, 3.8) is 0 Å². The van der Waals surface area contributed by atoms with E-state index in [0.717, 1.165) is 6.41 Å². The van der Waals surface area contributed by atoms with Gasteiger partial charge >= 0.3 is 0 Å². The molecule has 7 nitrogen and oxygen atoms in total. The summed E-state index contributed by atoms with van der Waals surface area (Å²) in [5, 5.41) is 0. The second kappa shape index (κ2) is 6.01. The number of rotatable bonds is 4. The van der Waals surface area contributed by atoms with Gasteiger partial charge in [0.05, 0.1) is 5.92 Å². The highest BCUT2D eigenvalue weighted by Gasteiger charge is 2.36. The summed E-state index contributed by atoms with van der Waals surface area (Å²) in [6, 6.07) is 0. The fourth-order valence-electron chi connectivity index (χ4n) is 2.62. The monoisotopic (exact) mass is 268 g/mol. The number of nitrogens with two attached hydrogens (primary N) is 1. The number of nitrogens with zero attached hydrogens (tertiary/aromatic N) is 3. The van der Waals surface area contributed by atoms with Gasteiger partial charge in [0.15, 0.2) is 0 Å². The molecule has 2 aliphatic heterocycles. The highest BCUT2D eigenvalue weighted by Crippen LogP contribution is 2.20. The fraction of sp³-hybridized carbons (Fsp3) is 0.750. The fourth-order valence-corrected chi connectivity index (χ4v) is 2.62. The van der Waals surface area contributed by atoms with Crippen molar-refractivity contribution in [2.75, 3.05) is 45.8 Å². The van der Waals surface area contributed by atoms with E-state index in [9.17, 15) is 14.4 Å². The van der Waals surface area contributed by atoms with Crippen LogP contribution in [-0.2, 0) is 14.4 Å². The van der Waals surface area contributed by atoms with Gasteiger partial charge in [0.1, 0.15) is 0 Å². The molecule has 0 aromatic carbocycles. The van der Waals surface area contributed by atoms with Crippen LogP contribution in [0.1, 0.15) is 6.42 Å². The molecule has 2 saturated heterocycles. The van der Waals surface area contributed by atoms with Crippen molar-refractivity contribution in [3.05, 3.63) is 0 Å². The molecule has 3 amide bonds. The Bertz CT molecular complexity index is 366. The number of carbonyl (C=O) groups is 3. The van der Waals surface area contributed by atoms with Gasteiger partial charge in [0.25, 0.3) is 0 Å². The Balaban J connectivity index is 1.87. The van der Waals surface area contributed by atoms with E-state index in [1.54, 1.807) is 14.7 Å². The Hall–Kier alpha value is -1.63. The maximum Gasteiger partial charge on any atom is 0.228 e. The molecule has 2 aliphatic rings. The van der Waals surface area contributed by atoms with Crippen LogP contribution in [0.3, 0.4) is 0 Å². The molecule has 106 valence electrons. The summed E-state index contributed by atoms with van der Waals surface area (Å²) in [5.41, 5.74) is 5.44. The molecule has 2 N–H and O–H groups in total. The zero-order valence-electron chi connectivity index (χ0n) is 11.0. The zero-order chi connectivity index (χ0) is 13.8. The lowest BCUT2D eigenvalue weighted by molar-refractivity contribution is -0.139. The summed E-state index contributed by atoms with van der Waals surface area (Å²) in [6.07, 6.45) is 1.09. The van der Waals surface area contributed by atoms with Crippen molar-refractivity contribution in [1.82, 2.24) is 14.7 Å². The van der Waals surface area contributed by atoms with Crippen LogP contribution in [0.2, 0.25) is 0 Å². The first-order valence-corrected chi connectivity index (χ1v) is 6.61. The van der Waals surface area contributed by atoms with E-state index in [0.29, 0.717) is 45.8 Å². The first-order valence-electron chi connectivity index (χ1n) is 6.61. The average Bonchev–Trinajstić information content (AvgIpc) is 2.80. The Kier molecular flexibility index (Phi) is 4.36. The molecule has 0 aromatic rings. The molecule has 2 heterocycles. The third-order valence-corrected chi connectivity index (χ3v) is 3.74. The normalized spacial score (nSPS) is 23.9. The zero-order valence-corrected chi connectivity index (χ0v) is 11.0. The van der Waals surface area contributed by atoms with Crippen LogP contribution in [0.4, 0.5) is 0 Å². The maximum atomic E-state index is 12.3. The van der Waals surface area contributed by atoms with Gasteiger partial charge in [-0.25, -0.2) is 0 Å². The minimum absolute atomic E-state index is 0.00956. The molecule has 7 heteroatoms. The van der Waals surface area contributed by atoms with Crippen LogP contribution >= 0.6 is 0 Å². The molecule has 1 atom stereocenters. The minimum Gasteiger partial charge on any atom is -0.342 e. The molecular formula is C12H20N4O3. The number of likely N-dealkylation sites (tertiary alicyclic amines) is 1. The van der Waals surface area contributed by atoms with Gasteiger partial charge in [-0.3, -0.25) is 14.4 Å². The molecule has 19 heavy (non-hydrogen) atoms. The van der Waals surface area contributed by atoms with Crippen molar-refractivity contribution in [3.8, 4) is 0 Å². The highest BCUT2D eigenvalue weighted by molar-refractivity contribution is 5.89. The molecule has 2 fully saturated rings.